The molecule has 0 saturated carbocycles. The molecule has 1 atom stereocenters. The minimum absolute atomic E-state index is 0.0992. The summed E-state index contributed by atoms with van der Waals surface area (Å²) in [7, 11) is -4.20. The van der Waals surface area contributed by atoms with Crippen molar-refractivity contribution < 1.29 is 26.3 Å². The molecule has 0 bridgehead atoms. The zero-order valence-electron chi connectivity index (χ0n) is 14.5. The van der Waals surface area contributed by atoms with E-state index in [0.29, 0.717) is 36.0 Å². The van der Waals surface area contributed by atoms with Crippen LogP contribution in [0.4, 0.5) is 24.5 Å². The molecule has 0 aromatic heterocycles. The van der Waals surface area contributed by atoms with E-state index in [1.807, 2.05) is 12.1 Å². The summed E-state index contributed by atoms with van der Waals surface area (Å²) in [6, 6.07) is 8.92. The summed E-state index contributed by atoms with van der Waals surface area (Å²) in [5.41, 5.74) is 0.158. The number of ether oxygens (including phenoxy) is 1. The number of anilines is 2. The highest BCUT2D eigenvalue weighted by molar-refractivity contribution is 9.10. The number of hydrogen-bond acceptors (Lipinski definition) is 4. The van der Waals surface area contributed by atoms with Gasteiger partial charge in [-0.25, -0.2) is 8.42 Å². The highest BCUT2D eigenvalue weighted by atomic mass is 79.9. The van der Waals surface area contributed by atoms with E-state index >= 15 is 0 Å². The predicted molar refractivity (Wildman–Crippen MR) is 102 cm³/mol. The van der Waals surface area contributed by atoms with E-state index in [-0.39, 0.29) is 12.6 Å². The Morgan fingerprint density at radius 3 is 2.64 bits per heavy atom. The number of hydrogen-bond donors (Lipinski definition) is 0. The highest BCUT2D eigenvalue weighted by Crippen LogP contribution is 2.41. The van der Waals surface area contributed by atoms with Gasteiger partial charge in [-0.15, -0.1) is 0 Å². The first kappa shape index (κ1) is 19.5. The molecule has 5 nitrogen and oxygen atoms in total. The van der Waals surface area contributed by atoms with Gasteiger partial charge in [0.15, 0.2) is 0 Å². The van der Waals surface area contributed by atoms with E-state index in [1.54, 1.807) is 6.07 Å². The molecule has 150 valence electrons. The number of rotatable bonds is 2. The van der Waals surface area contributed by atoms with Gasteiger partial charge in [0.2, 0.25) is 0 Å². The molecule has 0 amide bonds. The van der Waals surface area contributed by atoms with E-state index in [0.717, 1.165) is 17.8 Å². The summed E-state index contributed by atoms with van der Waals surface area (Å²) in [4.78, 5) is 1.70. The maximum absolute atomic E-state index is 13.3. The van der Waals surface area contributed by atoms with Gasteiger partial charge in [-0.3, -0.25) is 4.31 Å². The van der Waals surface area contributed by atoms with Gasteiger partial charge < -0.3 is 9.64 Å². The first-order valence-electron chi connectivity index (χ1n) is 8.52. The minimum atomic E-state index is -4.62. The fraction of sp³-hybridized carbons (Fsp3) is 0.333. The van der Waals surface area contributed by atoms with E-state index < -0.39 is 26.7 Å². The van der Waals surface area contributed by atoms with Crippen molar-refractivity contribution in [2.45, 2.75) is 17.1 Å². The monoisotopic (exact) mass is 476 g/mol. The quantitative estimate of drug-likeness (QED) is 0.659. The van der Waals surface area contributed by atoms with Crippen LogP contribution in [0, 0.1) is 0 Å². The lowest BCUT2D eigenvalue weighted by atomic mass is 10.1. The molecule has 28 heavy (non-hydrogen) atoms. The Balaban J connectivity index is 1.82. The molecule has 4 rings (SSSR count). The van der Waals surface area contributed by atoms with E-state index in [9.17, 15) is 21.6 Å². The summed E-state index contributed by atoms with van der Waals surface area (Å²) in [5, 5.41) is 0. The van der Waals surface area contributed by atoms with Crippen LogP contribution >= 0.6 is 15.9 Å². The number of fused-ring (bicyclic) bond motifs is 3. The summed E-state index contributed by atoms with van der Waals surface area (Å²) >= 11 is 3.35. The van der Waals surface area contributed by atoms with Gasteiger partial charge >= 0.3 is 6.18 Å². The topological polar surface area (TPSA) is 49.9 Å². The molecule has 2 aromatic rings. The van der Waals surface area contributed by atoms with Crippen LogP contribution in [0.2, 0.25) is 0 Å². The largest absolute Gasteiger partial charge is 0.416 e. The third kappa shape index (κ3) is 3.37. The van der Waals surface area contributed by atoms with Crippen LogP contribution in [0.5, 0.6) is 0 Å². The predicted octanol–water partition coefficient (Wildman–Crippen LogP) is 3.88. The minimum Gasteiger partial charge on any atom is -0.377 e. The van der Waals surface area contributed by atoms with E-state index in [1.165, 1.54) is 10.4 Å². The lowest BCUT2D eigenvalue weighted by Crippen LogP contribution is -2.56. The van der Waals surface area contributed by atoms with Crippen LogP contribution in [-0.4, -0.2) is 40.8 Å². The van der Waals surface area contributed by atoms with Crippen LogP contribution in [0.1, 0.15) is 5.56 Å². The molecule has 2 heterocycles. The Labute approximate surface area is 168 Å². The number of halogens is 4. The summed E-state index contributed by atoms with van der Waals surface area (Å²) in [6.07, 6.45) is -4.62. The first-order chi connectivity index (χ1) is 13.2. The van der Waals surface area contributed by atoms with Gasteiger partial charge in [0.1, 0.15) is 0 Å². The van der Waals surface area contributed by atoms with Crippen molar-refractivity contribution in [3.8, 4) is 0 Å². The number of sulfonamides is 1. The van der Waals surface area contributed by atoms with Crippen molar-refractivity contribution in [1.82, 2.24) is 0 Å². The third-order valence-electron chi connectivity index (χ3n) is 4.87. The van der Waals surface area contributed by atoms with Crippen molar-refractivity contribution in [1.29, 1.82) is 0 Å². The van der Waals surface area contributed by atoms with Gasteiger partial charge in [0.25, 0.3) is 10.0 Å². The maximum atomic E-state index is 13.3. The second-order valence-corrected chi connectivity index (χ2v) is 9.39. The number of nitrogens with zero attached hydrogens (tertiary/aromatic N) is 2. The smallest absolute Gasteiger partial charge is 0.377 e. The first-order valence-corrected chi connectivity index (χ1v) is 10.8. The van der Waals surface area contributed by atoms with E-state index in [4.69, 9.17) is 4.74 Å². The maximum Gasteiger partial charge on any atom is 0.416 e. The molecule has 2 aromatic carbocycles. The van der Waals surface area contributed by atoms with Crippen molar-refractivity contribution in [2.75, 3.05) is 35.5 Å². The number of benzene rings is 2. The van der Waals surface area contributed by atoms with Crippen molar-refractivity contribution in [3.63, 3.8) is 0 Å². The Morgan fingerprint density at radius 2 is 1.89 bits per heavy atom. The molecule has 2 aliphatic rings. The van der Waals surface area contributed by atoms with Gasteiger partial charge in [-0.05, 0) is 36.4 Å². The van der Waals surface area contributed by atoms with Crippen LogP contribution in [0.15, 0.2) is 51.8 Å². The second-order valence-electron chi connectivity index (χ2n) is 6.62. The zero-order valence-corrected chi connectivity index (χ0v) is 16.9. The summed E-state index contributed by atoms with van der Waals surface area (Å²) < 4.78 is 73.2. The molecule has 0 N–H and O–H groups in total. The Kier molecular flexibility index (Phi) is 4.83. The second kappa shape index (κ2) is 6.93. The fourth-order valence-corrected chi connectivity index (χ4v) is 5.44. The molecule has 0 radical (unpaired) electrons. The van der Waals surface area contributed by atoms with Gasteiger partial charge in [-0.2, -0.15) is 13.2 Å². The average molecular weight is 477 g/mol. The van der Waals surface area contributed by atoms with E-state index in [2.05, 4.69) is 20.8 Å². The normalized spacial score (nSPS) is 19.9. The number of alkyl halides is 3. The molecule has 0 unspecified atom stereocenters. The van der Waals surface area contributed by atoms with Crippen molar-refractivity contribution >= 4 is 37.3 Å². The average Bonchev–Trinajstić information content (AvgIpc) is 2.66. The van der Waals surface area contributed by atoms with Gasteiger partial charge in [0, 0.05) is 11.0 Å². The van der Waals surface area contributed by atoms with Gasteiger partial charge in [-0.1, -0.05) is 22.0 Å². The van der Waals surface area contributed by atoms with Crippen LogP contribution in [-0.2, 0) is 20.9 Å². The van der Waals surface area contributed by atoms with Crippen molar-refractivity contribution in [2.24, 2.45) is 0 Å². The molecule has 1 fully saturated rings. The third-order valence-corrected chi connectivity index (χ3v) is 7.14. The Morgan fingerprint density at radius 1 is 1.11 bits per heavy atom. The molecule has 0 spiro atoms. The molecule has 0 aliphatic carbocycles. The fourth-order valence-electron chi connectivity index (χ4n) is 3.54. The van der Waals surface area contributed by atoms with Crippen LogP contribution in [0.3, 0.4) is 0 Å². The molecular weight excluding hydrogens is 461 g/mol. The molecule has 2 aliphatic heterocycles. The molecule has 10 heteroatoms. The highest BCUT2D eigenvalue weighted by Gasteiger charge is 2.39. The Hall–Kier alpha value is -1.78. The number of morpholine rings is 1. The lowest BCUT2D eigenvalue weighted by molar-refractivity contribution is -0.137. The van der Waals surface area contributed by atoms with Crippen LogP contribution < -0.4 is 9.21 Å². The van der Waals surface area contributed by atoms with Gasteiger partial charge in [0.05, 0.1) is 47.6 Å². The SMILES string of the molecule is O=S(=O)(c1cccc(C(F)(F)F)c1)N1C[C@@H]2COCCN2c2ccc(Br)cc21. The van der Waals surface area contributed by atoms with Crippen LogP contribution in [0.25, 0.3) is 0 Å². The standard InChI is InChI=1S/C18H16BrF3N2O3S/c19-13-4-5-16-17(9-13)24(10-14-11-27-7-6-23(14)16)28(25,26)15-3-1-2-12(8-15)18(20,21)22/h1-5,8-9,14H,6-7,10-11H2/t14-/m1/s1. The summed E-state index contributed by atoms with van der Waals surface area (Å²) in [5.74, 6) is 0. The Bertz CT molecular complexity index is 1010. The zero-order chi connectivity index (χ0) is 20.1. The summed E-state index contributed by atoms with van der Waals surface area (Å²) in [6.45, 7) is 1.61. The molecular formula is C18H16BrF3N2O3S. The molecule has 1 saturated heterocycles. The lowest BCUT2D eigenvalue weighted by Gasteiger charge is -2.46. The van der Waals surface area contributed by atoms with Crippen molar-refractivity contribution in [3.05, 3.63) is 52.5 Å².